The first-order valence-corrected chi connectivity index (χ1v) is 14.2. The number of benzene rings is 2. The van der Waals surface area contributed by atoms with Gasteiger partial charge in [-0.1, -0.05) is 13.0 Å². The highest BCUT2D eigenvalue weighted by molar-refractivity contribution is 7.92. The minimum absolute atomic E-state index is 0.0332. The number of ether oxygens (including phenoxy) is 3. The van der Waals surface area contributed by atoms with Crippen LogP contribution in [-0.2, 0) is 27.8 Å². The molecule has 2 aliphatic rings. The van der Waals surface area contributed by atoms with Crippen LogP contribution >= 0.6 is 0 Å². The molecule has 0 aromatic heterocycles. The van der Waals surface area contributed by atoms with E-state index in [4.69, 9.17) is 14.2 Å². The quantitative estimate of drug-likeness (QED) is 0.530. The fraction of sp³-hybridized carbons (Fsp3) is 0.500. The predicted molar refractivity (Wildman–Crippen MR) is 139 cm³/mol. The molecule has 0 saturated carbocycles. The fourth-order valence-corrected chi connectivity index (χ4v) is 5.20. The van der Waals surface area contributed by atoms with E-state index in [0.717, 1.165) is 23.3 Å². The van der Waals surface area contributed by atoms with Crippen LogP contribution in [0.15, 0.2) is 36.4 Å². The summed E-state index contributed by atoms with van der Waals surface area (Å²) in [5, 5.41) is 9.80. The highest BCUT2D eigenvalue weighted by Gasteiger charge is 2.31. The Balaban J connectivity index is 1.59. The molecule has 11 heteroatoms. The van der Waals surface area contributed by atoms with Crippen molar-refractivity contribution in [1.82, 2.24) is 9.80 Å². The number of fused-ring (bicyclic) bond motifs is 2. The summed E-state index contributed by atoms with van der Waals surface area (Å²) >= 11 is 0. The van der Waals surface area contributed by atoms with E-state index >= 15 is 0 Å². The second-order valence-electron chi connectivity index (χ2n) is 9.97. The predicted octanol–water partition coefficient (Wildman–Crippen LogP) is 2.07. The SMILES string of the molecule is C[C@@H]1CN([C@H](C)CO)C(=O)Cc2cc(NS(C)(=O)=O)ccc2O[C@@H]1CN(C)Cc1ccc2c(c1)OCO2. The van der Waals surface area contributed by atoms with Crippen LogP contribution in [0, 0.1) is 5.92 Å². The van der Waals surface area contributed by atoms with Crippen molar-refractivity contribution < 1.29 is 32.5 Å². The summed E-state index contributed by atoms with van der Waals surface area (Å²) < 4.78 is 43.4. The molecule has 4 rings (SSSR count). The first-order chi connectivity index (χ1) is 17.5. The Morgan fingerprint density at radius 2 is 1.89 bits per heavy atom. The van der Waals surface area contributed by atoms with Crippen LogP contribution in [0.4, 0.5) is 5.69 Å². The van der Waals surface area contributed by atoms with Crippen molar-refractivity contribution >= 4 is 21.6 Å². The molecule has 0 radical (unpaired) electrons. The van der Waals surface area contributed by atoms with Crippen molar-refractivity contribution in [3.05, 3.63) is 47.5 Å². The molecule has 202 valence electrons. The highest BCUT2D eigenvalue weighted by Crippen LogP contribution is 2.33. The summed E-state index contributed by atoms with van der Waals surface area (Å²) in [5.41, 5.74) is 2.03. The smallest absolute Gasteiger partial charge is 0.231 e. The molecule has 2 heterocycles. The van der Waals surface area contributed by atoms with Gasteiger partial charge in [-0.15, -0.1) is 0 Å². The summed E-state index contributed by atoms with van der Waals surface area (Å²) in [4.78, 5) is 17.1. The van der Waals surface area contributed by atoms with Crippen molar-refractivity contribution in [2.45, 2.75) is 39.0 Å². The standard InChI is InChI=1S/C26H35N3O7S/c1-17-12-29(18(2)15-30)26(31)11-20-10-21(27-37(4,32)33)6-8-22(20)36-25(17)14-28(3)13-19-5-7-23-24(9-19)35-16-34-23/h5-10,17-18,25,27,30H,11-16H2,1-4H3/t17-,18-,25-/m1/s1. The molecule has 3 atom stereocenters. The minimum Gasteiger partial charge on any atom is -0.488 e. The third kappa shape index (κ3) is 6.85. The Morgan fingerprint density at radius 3 is 2.62 bits per heavy atom. The maximum absolute atomic E-state index is 13.3. The number of carbonyl (C=O) groups is 1. The fourth-order valence-electron chi connectivity index (χ4n) is 4.65. The molecule has 0 saturated heterocycles. The van der Waals surface area contributed by atoms with Crippen LogP contribution in [-0.4, -0.2) is 81.2 Å². The molecule has 0 bridgehead atoms. The van der Waals surface area contributed by atoms with Gasteiger partial charge in [0.15, 0.2) is 11.5 Å². The number of nitrogens with zero attached hydrogens (tertiary/aromatic N) is 2. The van der Waals surface area contributed by atoms with Crippen LogP contribution in [0.25, 0.3) is 0 Å². The maximum Gasteiger partial charge on any atom is 0.231 e. The van der Waals surface area contributed by atoms with Gasteiger partial charge in [0.1, 0.15) is 11.9 Å². The van der Waals surface area contributed by atoms with E-state index in [9.17, 15) is 18.3 Å². The van der Waals surface area contributed by atoms with Crippen molar-refractivity contribution in [3.8, 4) is 17.2 Å². The Bertz CT molecular complexity index is 1240. The molecular formula is C26H35N3O7S. The summed E-state index contributed by atoms with van der Waals surface area (Å²) in [6, 6.07) is 10.5. The van der Waals surface area contributed by atoms with Crippen molar-refractivity contribution in [2.75, 3.05) is 44.5 Å². The molecule has 2 aromatic rings. The molecule has 0 fully saturated rings. The van der Waals surface area contributed by atoms with Crippen LogP contribution < -0.4 is 18.9 Å². The zero-order valence-electron chi connectivity index (χ0n) is 21.6. The number of hydrogen-bond donors (Lipinski definition) is 2. The van der Waals surface area contributed by atoms with E-state index < -0.39 is 10.0 Å². The number of nitrogens with one attached hydrogen (secondary N) is 1. The zero-order chi connectivity index (χ0) is 26.7. The van der Waals surface area contributed by atoms with Gasteiger partial charge in [-0.25, -0.2) is 8.42 Å². The second-order valence-corrected chi connectivity index (χ2v) is 11.7. The molecular weight excluding hydrogens is 498 g/mol. The molecule has 10 nitrogen and oxygen atoms in total. The summed E-state index contributed by atoms with van der Waals surface area (Å²) in [5.74, 6) is 1.82. The number of sulfonamides is 1. The van der Waals surface area contributed by atoms with E-state index in [1.165, 1.54) is 0 Å². The van der Waals surface area contributed by atoms with Gasteiger partial charge >= 0.3 is 0 Å². The Hall–Kier alpha value is -3.02. The normalized spacial score (nSPS) is 20.5. The number of anilines is 1. The van der Waals surface area contributed by atoms with Gasteiger partial charge in [0.2, 0.25) is 22.7 Å². The van der Waals surface area contributed by atoms with Crippen LogP contribution in [0.2, 0.25) is 0 Å². The number of likely N-dealkylation sites (N-methyl/N-ethyl adjacent to an activating group) is 1. The average Bonchev–Trinajstić information content (AvgIpc) is 3.30. The number of rotatable bonds is 8. The van der Waals surface area contributed by atoms with E-state index in [1.807, 2.05) is 39.1 Å². The largest absolute Gasteiger partial charge is 0.488 e. The first-order valence-electron chi connectivity index (χ1n) is 12.3. The summed E-state index contributed by atoms with van der Waals surface area (Å²) in [7, 11) is -1.47. The minimum atomic E-state index is -3.48. The molecule has 0 aliphatic carbocycles. The number of hydrogen-bond acceptors (Lipinski definition) is 8. The summed E-state index contributed by atoms with van der Waals surface area (Å²) in [6.45, 7) is 5.57. The molecule has 0 unspecified atom stereocenters. The van der Waals surface area contributed by atoms with E-state index in [-0.39, 0.29) is 43.8 Å². The molecule has 0 spiro atoms. The first kappa shape index (κ1) is 27.0. The Morgan fingerprint density at radius 1 is 1.16 bits per heavy atom. The van der Waals surface area contributed by atoms with Crippen LogP contribution in [0.5, 0.6) is 17.2 Å². The van der Waals surface area contributed by atoms with Gasteiger partial charge in [0.05, 0.1) is 25.3 Å². The lowest BCUT2D eigenvalue weighted by Crippen LogP contribution is -2.47. The third-order valence-electron chi connectivity index (χ3n) is 6.60. The Labute approximate surface area is 218 Å². The van der Waals surface area contributed by atoms with Crippen molar-refractivity contribution in [2.24, 2.45) is 5.92 Å². The highest BCUT2D eigenvalue weighted by atomic mass is 32.2. The molecule has 2 N–H and O–H groups in total. The number of aliphatic hydroxyl groups excluding tert-OH is 1. The van der Waals surface area contributed by atoms with E-state index in [0.29, 0.717) is 36.6 Å². The van der Waals surface area contributed by atoms with Gasteiger partial charge in [0.25, 0.3) is 0 Å². The van der Waals surface area contributed by atoms with Crippen molar-refractivity contribution in [3.63, 3.8) is 0 Å². The zero-order valence-corrected chi connectivity index (χ0v) is 22.5. The van der Waals surface area contributed by atoms with Gasteiger partial charge in [-0.3, -0.25) is 14.4 Å². The number of amides is 1. The van der Waals surface area contributed by atoms with E-state index in [1.54, 1.807) is 23.1 Å². The molecule has 2 aromatic carbocycles. The lowest BCUT2D eigenvalue weighted by molar-refractivity contribution is -0.134. The van der Waals surface area contributed by atoms with Crippen LogP contribution in [0.3, 0.4) is 0 Å². The van der Waals surface area contributed by atoms with Crippen LogP contribution in [0.1, 0.15) is 25.0 Å². The third-order valence-corrected chi connectivity index (χ3v) is 7.21. The maximum atomic E-state index is 13.3. The van der Waals surface area contributed by atoms with Gasteiger partial charge < -0.3 is 24.2 Å². The summed E-state index contributed by atoms with van der Waals surface area (Å²) in [6.07, 6.45) is 0.839. The Kier molecular flexibility index (Phi) is 8.15. The van der Waals surface area contributed by atoms with E-state index in [2.05, 4.69) is 9.62 Å². The topological polar surface area (TPSA) is 118 Å². The molecule has 2 aliphatic heterocycles. The lowest BCUT2D eigenvalue weighted by atomic mass is 10.0. The number of carbonyl (C=O) groups excluding carboxylic acids is 1. The number of aliphatic hydroxyl groups is 1. The van der Waals surface area contributed by atoms with Crippen molar-refractivity contribution in [1.29, 1.82) is 0 Å². The van der Waals surface area contributed by atoms with Gasteiger partial charge in [-0.05, 0) is 49.9 Å². The molecule has 37 heavy (non-hydrogen) atoms. The monoisotopic (exact) mass is 533 g/mol. The van der Waals surface area contributed by atoms with Gasteiger partial charge in [0, 0.05) is 36.8 Å². The average molecular weight is 534 g/mol. The lowest BCUT2D eigenvalue weighted by Gasteiger charge is -2.34. The molecule has 1 amide bonds. The van der Waals surface area contributed by atoms with Gasteiger partial charge in [-0.2, -0.15) is 0 Å². The second kappa shape index (κ2) is 11.2.